The highest BCUT2D eigenvalue weighted by Gasteiger charge is 2.11. The Hall–Kier alpha value is -2.69. The zero-order chi connectivity index (χ0) is 14.5. The molecule has 0 unspecified atom stereocenters. The van der Waals surface area contributed by atoms with Crippen LogP contribution < -0.4 is 14.8 Å². The molecule has 2 rings (SSSR count). The smallest absolute Gasteiger partial charge is 0.337 e. The van der Waals surface area contributed by atoms with Gasteiger partial charge in [0.2, 0.25) is 0 Å². The van der Waals surface area contributed by atoms with Gasteiger partial charge in [0.15, 0.2) is 0 Å². The molecule has 20 heavy (non-hydrogen) atoms. The van der Waals surface area contributed by atoms with E-state index in [-0.39, 0.29) is 5.56 Å². The Morgan fingerprint density at radius 1 is 1.00 bits per heavy atom. The molecular weight excluding hydrogens is 258 g/mol. The normalized spacial score (nSPS) is 9.90. The number of benzene rings is 2. The lowest BCUT2D eigenvalue weighted by Crippen LogP contribution is -2.03. The van der Waals surface area contributed by atoms with Crippen LogP contribution in [-0.4, -0.2) is 25.3 Å². The fourth-order valence-corrected chi connectivity index (χ4v) is 1.77. The second-order valence-corrected chi connectivity index (χ2v) is 4.07. The molecule has 0 saturated carbocycles. The van der Waals surface area contributed by atoms with Gasteiger partial charge in [-0.25, -0.2) is 4.79 Å². The second kappa shape index (κ2) is 5.97. The van der Waals surface area contributed by atoms with E-state index < -0.39 is 5.97 Å². The number of carbonyl (C=O) groups is 1. The van der Waals surface area contributed by atoms with Crippen LogP contribution >= 0.6 is 0 Å². The molecule has 0 aliphatic carbocycles. The van der Waals surface area contributed by atoms with E-state index in [2.05, 4.69) is 5.32 Å². The summed E-state index contributed by atoms with van der Waals surface area (Å²) in [4.78, 5) is 11.3. The quantitative estimate of drug-likeness (QED) is 0.876. The first-order chi connectivity index (χ1) is 9.63. The van der Waals surface area contributed by atoms with E-state index in [1.807, 2.05) is 12.1 Å². The van der Waals surface area contributed by atoms with Gasteiger partial charge in [0, 0.05) is 5.69 Å². The van der Waals surface area contributed by atoms with Crippen molar-refractivity contribution >= 4 is 17.3 Å². The van der Waals surface area contributed by atoms with Crippen molar-refractivity contribution in [3.05, 3.63) is 48.0 Å². The molecule has 0 spiro atoms. The first kappa shape index (κ1) is 13.7. The van der Waals surface area contributed by atoms with Crippen LogP contribution in [0.25, 0.3) is 0 Å². The lowest BCUT2D eigenvalue weighted by atomic mass is 10.1. The molecule has 0 atom stereocenters. The minimum atomic E-state index is -1.01. The van der Waals surface area contributed by atoms with Gasteiger partial charge < -0.3 is 19.9 Å². The Balaban J connectivity index is 2.29. The van der Waals surface area contributed by atoms with Gasteiger partial charge in [-0.3, -0.25) is 0 Å². The average Bonchev–Trinajstić information content (AvgIpc) is 2.48. The highest BCUT2D eigenvalue weighted by atomic mass is 16.5. The highest BCUT2D eigenvalue weighted by Crippen LogP contribution is 2.26. The van der Waals surface area contributed by atoms with Crippen LogP contribution in [0.3, 0.4) is 0 Å². The zero-order valence-electron chi connectivity index (χ0n) is 11.2. The number of carboxylic acids is 1. The van der Waals surface area contributed by atoms with E-state index in [0.717, 1.165) is 11.4 Å². The van der Waals surface area contributed by atoms with Crippen molar-refractivity contribution in [2.75, 3.05) is 19.5 Å². The largest absolute Gasteiger partial charge is 0.497 e. The third kappa shape index (κ3) is 3.00. The first-order valence-electron chi connectivity index (χ1n) is 5.96. The number of ether oxygens (including phenoxy) is 2. The molecule has 0 aromatic heterocycles. The molecule has 104 valence electrons. The number of rotatable bonds is 5. The summed E-state index contributed by atoms with van der Waals surface area (Å²) in [5, 5.41) is 12.3. The number of carboxylic acid groups (broad SMARTS) is 1. The molecule has 0 aliphatic rings. The number of anilines is 2. The number of hydrogen-bond donors (Lipinski definition) is 2. The van der Waals surface area contributed by atoms with Crippen LogP contribution in [0.2, 0.25) is 0 Å². The number of nitrogens with one attached hydrogen (secondary N) is 1. The van der Waals surface area contributed by atoms with Crippen LogP contribution in [-0.2, 0) is 0 Å². The summed E-state index contributed by atoms with van der Waals surface area (Å²) in [6, 6.07) is 12.1. The Morgan fingerprint density at radius 2 is 1.60 bits per heavy atom. The molecule has 0 amide bonds. The minimum absolute atomic E-state index is 0.153. The predicted molar refractivity (Wildman–Crippen MR) is 76.2 cm³/mol. The van der Waals surface area contributed by atoms with E-state index in [0.29, 0.717) is 11.4 Å². The van der Waals surface area contributed by atoms with Crippen LogP contribution in [0.4, 0.5) is 11.4 Å². The molecule has 0 bridgehead atoms. The number of hydrogen-bond acceptors (Lipinski definition) is 4. The van der Waals surface area contributed by atoms with Crippen LogP contribution in [0.15, 0.2) is 42.5 Å². The molecule has 5 heteroatoms. The SMILES string of the molecule is COc1ccc(Nc2ccc(OC)cc2C(=O)O)cc1. The monoisotopic (exact) mass is 273 g/mol. The summed E-state index contributed by atoms with van der Waals surface area (Å²) in [7, 11) is 3.09. The summed E-state index contributed by atoms with van der Waals surface area (Å²) in [5.74, 6) is 0.228. The Bertz CT molecular complexity index is 608. The van der Waals surface area contributed by atoms with Gasteiger partial charge in [-0.05, 0) is 42.5 Å². The van der Waals surface area contributed by atoms with Gasteiger partial charge in [0.05, 0.1) is 25.5 Å². The predicted octanol–water partition coefficient (Wildman–Crippen LogP) is 3.15. The maximum atomic E-state index is 11.3. The van der Waals surface area contributed by atoms with Crippen molar-refractivity contribution in [2.45, 2.75) is 0 Å². The third-order valence-electron chi connectivity index (χ3n) is 2.83. The highest BCUT2D eigenvalue weighted by molar-refractivity contribution is 5.95. The van der Waals surface area contributed by atoms with Crippen molar-refractivity contribution in [3.63, 3.8) is 0 Å². The zero-order valence-corrected chi connectivity index (χ0v) is 11.2. The van der Waals surface area contributed by atoms with Gasteiger partial charge in [-0.15, -0.1) is 0 Å². The molecule has 2 N–H and O–H groups in total. The molecule has 5 nitrogen and oxygen atoms in total. The standard InChI is InChI=1S/C15H15NO4/c1-19-11-5-3-10(4-6-11)16-14-8-7-12(20-2)9-13(14)15(17)18/h3-9,16H,1-2H3,(H,17,18). The summed E-state index contributed by atoms with van der Waals surface area (Å²) >= 11 is 0. The maximum absolute atomic E-state index is 11.3. The summed E-state index contributed by atoms with van der Waals surface area (Å²) in [6.45, 7) is 0. The molecule has 0 saturated heterocycles. The van der Waals surface area contributed by atoms with E-state index >= 15 is 0 Å². The van der Waals surface area contributed by atoms with Gasteiger partial charge in [-0.1, -0.05) is 0 Å². The van der Waals surface area contributed by atoms with Crippen molar-refractivity contribution < 1.29 is 19.4 Å². The summed E-state index contributed by atoms with van der Waals surface area (Å²) in [6.07, 6.45) is 0. The molecule has 2 aromatic carbocycles. The van der Waals surface area contributed by atoms with Crippen molar-refractivity contribution in [2.24, 2.45) is 0 Å². The Kier molecular flexibility index (Phi) is 4.10. The first-order valence-corrected chi connectivity index (χ1v) is 5.96. The van der Waals surface area contributed by atoms with E-state index in [1.54, 1.807) is 31.4 Å². The molecule has 0 radical (unpaired) electrons. The van der Waals surface area contributed by atoms with E-state index in [9.17, 15) is 9.90 Å². The lowest BCUT2D eigenvalue weighted by Gasteiger charge is -2.11. The molecule has 2 aromatic rings. The fraction of sp³-hybridized carbons (Fsp3) is 0.133. The van der Waals surface area contributed by atoms with Crippen molar-refractivity contribution in [1.82, 2.24) is 0 Å². The maximum Gasteiger partial charge on any atom is 0.337 e. The summed E-state index contributed by atoms with van der Waals surface area (Å²) < 4.78 is 10.1. The van der Waals surface area contributed by atoms with Crippen LogP contribution in [0, 0.1) is 0 Å². The number of methoxy groups -OCH3 is 2. The van der Waals surface area contributed by atoms with Gasteiger partial charge in [0.25, 0.3) is 0 Å². The van der Waals surface area contributed by atoms with Crippen molar-refractivity contribution in [3.8, 4) is 11.5 Å². The van der Waals surface area contributed by atoms with Gasteiger partial charge >= 0.3 is 5.97 Å². The summed E-state index contributed by atoms with van der Waals surface area (Å²) in [5.41, 5.74) is 1.43. The fourth-order valence-electron chi connectivity index (χ4n) is 1.77. The third-order valence-corrected chi connectivity index (χ3v) is 2.83. The second-order valence-electron chi connectivity index (χ2n) is 4.07. The van der Waals surface area contributed by atoms with Crippen molar-refractivity contribution in [1.29, 1.82) is 0 Å². The van der Waals surface area contributed by atoms with E-state index in [1.165, 1.54) is 13.2 Å². The van der Waals surface area contributed by atoms with E-state index in [4.69, 9.17) is 9.47 Å². The van der Waals surface area contributed by atoms with Gasteiger partial charge in [-0.2, -0.15) is 0 Å². The topological polar surface area (TPSA) is 67.8 Å². The molecular formula is C15H15NO4. The van der Waals surface area contributed by atoms with Gasteiger partial charge in [0.1, 0.15) is 11.5 Å². The van der Waals surface area contributed by atoms with Crippen LogP contribution in [0.1, 0.15) is 10.4 Å². The minimum Gasteiger partial charge on any atom is -0.497 e. The Morgan fingerprint density at radius 3 is 2.15 bits per heavy atom. The average molecular weight is 273 g/mol. The molecule has 0 heterocycles. The van der Waals surface area contributed by atoms with Crippen LogP contribution in [0.5, 0.6) is 11.5 Å². The molecule has 0 fully saturated rings. The lowest BCUT2D eigenvalue weighted by molar-refractivity contribution is 0.0697. The Labute approximate surface area is 116 Å². The molecule has 0 aliphatic heterocycles. The number of aromatic carboxylic acids is 1.